The Labute approximate surface area is 209 Å². The van der Waals surface area contributed by atoms with Crippen molar-refractivity contribution in [1.29, 1.82) is 0 Å². The number of nitrogens with one attached hydrogen (secondary N) is 1. The molecule has 0 bridgehead atoms. The van der Waals surface area contributed by atoms with E-state index in [1.165, 1.54) is 35.4 Å². The summed E-state index contributed by atoms with van der Waals surface area (Å²) in [4.78, 5) is 20.6. The Kier molecular flexibility index (Phi) is 7.16. The number of halogens is 2. The highest BCUT2D eigenvalue weighted by Crippen LogP contribution is 2.33. The monoisotopic (exact) mass is 523 g/mol. The van der Waals surface area contributed by atoms with Crippen molar-refractivity contribution < 1.29 is 9.18 Å². The fourth-order valence-corrected chi connectivity index (χ4v) is 5.84. The molecule has 0 aliphatic carbocycles. The van der Waals surface area contributed by atoms with Gasteiger partial charge in [0.15, 0.2) is 0 Å². The molecule has 2 aliphatic rings. The number of benzene rings is 2. The van der Waals surface area contributed by atoms with E-state index in [4.69, 9.17) is 0 Å². The van der Waals surface area contributed by atoms with E-state index in [-0.39, 0.29) is 11.7 Å². The predicted octanol–water partition coefficient (Wildman–Crippen LogP) is 6.20. The molecule has 178 valence electrons. The summed E-state index contributed by atoms with van der Waals surface area (Å²) >= 11 is 3.19. The lowest BCUT2D eigenvalue weighted by atomic mass is 9.88. The van der Waals surface area contributed by atoms with Gasteiger partial charge in [0.1, 0.15) is 5.82 Å². The summed E-state index contributed by atoms with van der Waals surface area (Å²) < 4.78 is 13.8. The summed E-state index contributed by atoms with van der Waals surface area (Å²) in [6.07, 6.45) is 10.1. The van der Waals surface area contributed by atoms with Crippen molar-refractivity contribution in [3.05, 3.63) is 76.2 Å². The zero-order valence-corrected chi connectivity index (χ0v) is 20.9. The molecule has 0 spiro atoms. The standard InChI is InChI=1S/C28H31BrFN3O/c29-25-17-20(5-7-26(25)30)6-8-28(34)33-15-9-21(10-16-33)19-32-13-11-22(12-14-32)24-18-31-27-4-2-1-3-23(24)27/h1-8,17-18,21-22,31H,9-16,19H2/b8-6+. The molecule has 0 radical (unpaired) electrons. The number of hydrogen-bond donors (Lipinski definition) is 1. The summed E-state index contributed by atoms with van der Waals surface area (Å²) in [5, 5.41) is 1.37. The average Bonchev–Trinajstić information content (AvgIpc) is 3.30. The van der Waals surface area contributed by atoms with Gasteiger partial charge in [0, 0.05) is 42.8 Å². The van der Waals surface area contributed by atoms with E-state index in [1.807, 2.05) is 4.90 Å². The van der Waals surface area contributed by atoms with E-state index in [1.54, 1.807) is 24.3 Å². The lowest BCUT2D eigenvalue weighted by Crippen LogP contribution is -2.42. The Morgan fingerprint density at radius 1 is 1.06 bits per heavy atom. The van der Waals surface area contributed by atoms with Gasteiger partial charge < -0.3 is 14.8 Å². The van der Waals surface area contributed by atoms with E-state index < -0.39 is 0 Å². The molecule has 3 aromatic rings. The van der Waals surface area contributed by atoms with Crippen LogP contribution in [0.4, 0.5) is 4.39 Å². The summed E-state index contributed by atoms with van der Waals surface area (Å²) in [6.45, 7) is 5.07. The molecule has 1 amide bonds. The number of fused-ring (bicyclic) bond motifs is 1. The van der Waals surface area contributed by atoms with Gasteiger partial charge in [0.25, 0.3) is 0 Å². The lowest BCUT2D eigenvalue weighted by Gasteiger charge is -2.37. The van der Waals surface area contributed by atoms with Crippen LogP contribution >= 0.6 is 15.9 Å². The summed E-state index contributed by atoms with van der Waals surface area (Å²) in [5.41, 5.74) is 3.53. The third kappa shape index (κ3) is 5.28. The van der Waals surface area contributed by atoms with Crippen molar-refractivity contribution >= 4 is 38.8 Å². The van der Waals surface area contributed by atoms with Crippen molar-refractivity contribution in [1.82, 2.24) is 14.8 Å². The summed E-state index contributed by atoms with van der Waals surface area (Å²) in [6, 6.07) is 13.4. The predicted molar refractivity (Wildman–Crippen MR) is 139 cm³/mol. The van der Waals surface area contributed by atoms with E-state index in [0.717, 1.165) is 51.1 Å². The normalized spacial score (nSPS) is 18.8. The highest BCUT2D eigenvalue weighted by Gasteiger charge is 2.27. The zero-order chi connectivity index (χ0) is 23.5. The smallest absolute Gasteiger partial charge is 0.246 e. The second-order valence-electron chi connectivity index (χ2n) is 9.64. The van der Waals surface area contributed by atoms with Crippen LogP contribution < -0.4 is 0 Å². The summed E-state index contributed by atoms with van der Waals surface area (Å²) in [5.74, 6) is 1.04. The molecular formula is C28H31BrFN3O. The highest BCUT2D eigenvalue weighted by molar-refractivity contribution is 9.10. The molecule has 2 aliphatic heterocycles. The first-order chi connectivity index (χ1) is 16.6. The molecule has 0 unspecified atom stereocenters. The Hall–Kier alpha value is -2.44. The second kappa shape index (κ2) is 10.4. The van der Waals surface area contributed by atoms with Gasteiger partial charge in [-0.25, -0.2) is 4.39 Å². The van der Waals surface area contributed by atoms with Gasteiger partial charge in [-0.2, -0.15) is 0 Å². The molecular weight excluding hydrogens is 493 g/mol. The minimum absolute atomic E-state index is 0.0402. The molecule has 34 heavy (non-hydrogen) atoms. The number of aromatic nitrogens is 1. The van der Waals surface area contributed by atoms with Crippen LogP contribution in [-0.4, -0.2) is 53.4 Å². The number of carbonyl (C=O) groups excluding carboxylic acids is 1. The number of aromatic amines is 1. The van der Waals surface area contributed by atoms with Crippen LogP contribution in [0.1, 0.15) is 42.7 Å². The van der Waals surface area contributed by atoms with Gasteiger partial charge in [-0.15, -0.1) is 0 Å². The van der Waals surface area contributed by atoms with Crippen LogP contribution in [-0.2, 0) is 4.79 Å². The van der Waals surface area contributed by atoms with Crippen molar-refractivity contribution in [2.75, 3.05) is 32.7 Å². The number of carbonyl (C=O) groups is 1. The zero-order valence-electron chi connectivity index (χ0n) is 19.4. The molecule has 1 N–H and O–H groups in total. The van der Waals surface area contributed by atoms with Crippen molar-refractivity contribution in [3.63, 3.8) is 0 Å². The molecule has 0 atom stereocenters. The Morgan fingerprint density at radius 2 is 1.82 bits per heavy atom. The molecule has 2 aromatic carbocycles. The number of hydrogen-bond acceptors (Lipinski definition) is 2. The van der Waals surface area contributed by atoms with Gasteiger partial charge in [-0.05, 0) is 102 Å². The number of nitrogens with zero attached hydrogens (tertiary/aromatic N) is 2. The average molecular weight is 524 g/mol. The fourth-order valence-electron chi connectivity index (χ4n) is 5.45. The molecule has 6 heteroatoms. The molecule has 1 aromatic heterocycles. The van der Waals surface area contributed by atoms with Gasteiger partial charge in [0.2, 0.25) is 5.91 Å². The van der Waals surface area contributed by atoms with Crippen LogP contribution in [0, 0.1) is 11.7 Å². The molecule has 3 heterocycles. The van der Waals surface area contributed by atoms with E-state index in [0.29, 0.717) is 16.3 Å². The van der Waals surface area contributed by atoms with Crippen LogP contribution in [0.15, 0.2) is 59.2 Å². The minimum Gasteiger partial charge on any atom is -0.361 e. The van der Waals surface area contributed by atoms with Crippen LogP contribution in [0.25, 0.3) is 17.0 Å². The quantitative estimate of drug-likeness (QED) is 0.404. The van der Waals surface area contributed by atoms with Crippen LogP contribution in [0.2, 0.25) is 0 Å². The number of piperidine rings is 2. The van der Waals surface area contributed by atoms with E-state index >= 15 is 0 Å². The number of rotatable bonds is 5. The fraction of sp³-hybridized carbons (Fsp3) is 0.393. The first-order valence-corrected chi connectivity index (χ1v) is 13.1. The number of H-pyrrole nitrogens is 1. The molecule has 2 saturated heterocycles. The van der Waals surface area contributed by atoms with Gasteiger partial charge in [-0.1, -0.05) is 24.3 Å². The number of para-hydroxylation sites is 1. The third-order valence-electron chi connectivity index (χ3n) is 7.45. The molecule has 4 nitrogen and oxygen atoms in total. The topological polar surface area (TPSA) is 39.3 Å². The minimum atomic E-state index is -0.298. The van der Waals surface area contributed by atoms with Gasteiger partial charge in [-0.3, -0.25) is 4.79 Å². The maximum absolute atomic E-state index is 13.4. The number of amides is 1. The van der Waals surface area contributed by atoms with Crippen molar-refractivity contribution in [3.8, 4) is 0 Å². The maximum atomic E-state index is 13.4. The van der Waals surface area contributed by atoms with Gasteiger partial charge >= 0.3 is 0 Å². The van der Waals surface area contributed by atoms with Gasteiger partial charge in [0.05, 0.1) is 4.47 Å². The lowest BCUT2D eigenvalue weighted by molar-refractivity contribution is -0.127. The molecule has 5 rings (SSSR count). The first kappa shape index (κ1) is 23.3. The SMILES string of the molecule is O=C(/C=C/c1ccc(F)c(Br)c1)N1CCC(CN2CCC(c3c[nH]c4ccccc34)CC2)CC1. The van der Waals surface area contributed by atoms with E-state index in [9.17, 15) is 9.18 Å². The maximum Gasteiger partial charge on any atom is 0.246 e. The van der Waals surface area contributed by atoms with Crippen LogP contribution in [0.5, 0.6) is 0 Å². The Morgan fingerprint density at radius 3 is 2.59 bits per heavy atom. The largest absolute Gasteiger partial charge is 0.361 e. The molecule has 2 fully saturated rings. The second-order valence-corrected chi connectivity index (χ2v) is 10.5. The first-order valence-electron chi connectivity index (χ1n) is 12.3. The van der Waals surface area contributed by atoms with Crippen LogP contribution in [0.3, 0.4) is 0 Å². The third-order valence-corrected chi connectivity index (χ3v) is 8.06. The Bertz CT molecular complexity index is 1170. The Balaban J connectivity index is 1.07. The number of likely N-dealkylation sites (tertiary alicyclic amines) is 2. The van der Waals surface area contributed by atoms with Crippen molar-refractivity contribution in [2.24, 2.45) is 5.92 Å². The van der Waals surface area contributed by atoms with Crippen molar-refractivity contribution in [2.45, 2.75) is 31.6 Å². The summed E-state index contributed by atoms with van der Waals surface area (Å²) in [7, 11) is 0. The highest BCUT2D eigenvalue weighted by atomic mass is 79.9. The molecule has 0 saturated carbocycles. The van der Waals surface area contributed by atoms with E-state index in [2.05, 4.69) is 56.3 Å².